The van der Waals surface area contributed by atoms with Crippen LogP contribution in [0.25, 0.3) is 0 Å². The van der Waals surface area contributed by atoms with Crippen LogP contribution in [-0.4, -0.2) is 89.0 Å². The molecule has 0 spiro atoms. The highest BCUT2D eigenvalue weighted by molar-refractivity contribution is 5.70. The van der Waals surface area contributed by atoms with Crippen LogP contribution < -0.4 is 0 Å². The van der Waals surface area contributed by atoms with Crippen molar-refractivity contribution in [3.63, 3.8) is 0 Å². The van der Waals surface area contributed by atoms with Crippen molar-refractivity contribution in [3.8, 4) is 0 Å². The number of esters is 2. The van der Waals surface area contributed by atoms with Crippen LogP contribution in [0.1, 0.15) is 219 Å². The summed E-state index contributed by atoms with van der Waals surface area (Å²) in [6.45, 7) is 3.37. The molecule has 1 aliphatic heterocycles. The van der Waals surface area contributed by atoms with E-state index in [4.69, 9.17) is 18.9 Å². The van der Waals surface area contributed by atoms with Crippen LogP contribution >= 0.6 is 0 Å². The minimum atomic E-state index is -1.60. The third-order valence-corrected chi connectivity index (χ3v) is 11.3. The molecule has 1 heterocycles. The van der Waals surface area contributed by atoms with E-state index in [1.54, 1.807) is 0 Å². The van der Waals surface area contributed by atoms with Crippen molar-refractivity contribution in [1.82, 2.24) is 0 Å². The molecule has 1 aliphatic rings. The number of hydrogen-bond donors (Lipinski definition) is 4. The number of carbonyl (C=O) groups is 2. The molecule has 59 heavy (non-hydrogen) atoms. The van der Waals surface area contributed by atoms with Crippen molar-refractivity contribution >= 4 is 11.9 Å². The summed E-state index contributed by atoms with van der Waals surface area (Å²) in [5, 5.41) is 40.1. The van der Waals surface area contributed by atoms with Crippen LogP contribution in [0.2, 0.25) is 0 Å². The van der Waals surface area contributed by atoms with E-state index < -0.39 is 49.4 Å². The Morgan fingerprint density at radius 1 is 0.525 bits per heavy atom. The zero-order valence-electron chi connectivity index (χ0n) is 37.8. The number of aliphatic hydroxyl groups excluding tert-OH is 4. The molecule has 0 aromatic heterocycles. The SMILES string of the molecule is CCC/C=C\C/C=C\CCCCCCCC(=O)OC(COC(=O)CCCCCCCCCCCCCCCCCCCCCCC)COC1OC(CO)C(O)C(O)C1O. The number of allylic oxidation sites excluding steroid dienone is 4. The Morgan fingerprint density at radius 3 is 1.47 bits per heavy atom. The fraction of sp³-hybridized carbons (Fsp3) is 0.878. The predicted octanol–water partition coefficient (Wildman–Crippen LogP) is 10.9. The number of ether oxygens (including phenoxy) is 4. The fourth-order valence-electron chi connectivity index (χ4n) is 7.46. The van der Waals surface area contributed by atoms with Crippen molar-refractivity contribution < 1.29 is 49.0 Å². The molecule has 0 radical (unpaired) electrons. The standard InChI is InChI=1S/C49H90O10/c1-3-5-7-9-11-13-15-17-18-19-20-21-22-23-24-26-27-29-31-33-35-37-44(51)56-40-42(41-57-49-48(55)47(54)46(53)43(39-50)59-49)58-45(52)38-36-34-32-30-28-25-16-14-12-10-8-6-4-2/h8,10,14,16,42-43,46-50,53-55H,3-7,9,11-13,15,17-41H2,1-2H3/b10-8-,16-14-. The smallest absolute Gasteiger partial charge is 0.306 e. The number of rotatable bonds is 41. The van der Waals surface area contributed by atoms with Gasteiger partial charge in [-0.3, -0.25) is 9.59 Å². The van der Waals surface area contributed by atoms with E-state index in [-0.39, 0.29) is 32.0 Å². The van der Waals surface area contributed by atoms with Gasteiger partial charge in [-0.2, -0.15) is 0 Å². The summed E-state index contributed by atoms with van der Waals surface area (Å²) >= 11 is 0. The summed E-state index contributed by atoms with van der Waals surface area (Å²) in [4.78, 5) is 25.4. The molecule has 0 aromatic carbocycles. The summed E-state index contributed by atoms with van der Waals surface area (Å²) in [6, 6.07) is 0. The summed E-state index contributed by atoms with van der Waals surface area (Å²) in [5.74, 6) is -0.814. The number of hydrogen-bond acceptors (Lipinski definition) is 10. The van der Waals surface area contributed by atoms with Crippen LogP contribution in [0.15, 0.2) is 24.3 Å². The Hall–Kier alpha value is -1.82. The molecular weight excluding hydrogens is 749 g/mol. The average Bonchev–Trinajstić information content (AvgIpc) is 3.23. The molecule has 4 N–H and O–H groups in total. The summed E-state index contributed by atoms with van der Waals surface area (Å²) < 4.78 is 22.2. The normalized spacial score (nSPS) is 20.1. The lowest BCUT2D eigenvalue weighted by Gasteiger charge is -2.39. The number of carbonyl (C=O) groups excluding carboxylic acids is 2. The van der Waals surface area contributed by atoms with E-state index in [1.165, 1.54) is 122 Å². The van der Waals surface area contributed by atoms with Crippen LogP contribution in [-0.2, 0) is 28.5 Å². The van der Waals surface area contributed by atoms with Crippen molar-refractivity contribution in [2.45, 2.75) is 256 Å². The molecule has 0 aliphatic carbocycles. The summed E-state index contributed by atoms with van der Waals surface area (Å²) in [5.41, 5.74) is 0. The lowest BCUT2D eigenvalue weighted by atomic mass is 9.99. The molecule has 346 valence electrons. The third-order valence-electron chi connectivity index (χ3n) is 11.3. The molecule has 0 amide bonds. The van der Waals surface area contributed by atoms with E-state index in [1.807, 2.05) is 0 Å². The molecule has 1 fully saturated rings. The molecule has 6 unspecified atom stereocenters. The van der Waals surface area contributed by atoms with Gasteiger partial charge in [0, 0.05) is 12.8 Å². The maximum atomic E-state index is 12.8. The minimum absolute atomic E-state index is 0.216. The number of aliphatic hydroxyl groups is 4. The highest BCUT2D eigenvalue weighted by Gasteiger charge is 2.44. The Bertz CT molecular complexity index is 1020. The van der Waals surface area contributed by atoms with Gasteiger partial charge < -0.3 is 39.4 Å². The van der Waals surface area contributed by atoms with Gasteiger partial charge in [-0.15, -0.1) is 0 Å². The Balaban J connectivity index is 2.24. The molecule has 0 saturated carbocycles. The van der Waals surface area contributed by atoms with Gasteiger partial charge in [-0.1, -0.05) is 192 Å². The first-order valence-electron chi connectivity index (χ1n) is 24.4. The van der Waals surface area contributed by atoms with E-state index in [0.717, 1.165) is 64.2 Å². The van der Waals surface area contributed by atoms with E-state index in [2.05, 4.69) is 38.2 Å². The van der Waals surface area contributed by atoms with Gasteiger partial charge in [0.15, 0.2) is 12.4 Å². The highest BCUT2D eigenvalue weighted by atomic mass is 16.7. The van der Waals surface area contributed by atoms with Crippen LogP contribution in [0.4, 0.5) is 0 Å². The second-order valence-corrected chi connectivity index (χ2v) is 16.9. The first kappa shape index (κ1) is 55.2. The van der Waals surface area contributed by atoms with Gasteiger partial charge in [-0.05, 0) is 38.5 Å². The lowest BCUT2D eigenvalue weighted by molar-refractivity contribution is -0.305. The lowest BCUT2D eigenvalue weighted by Crippen LogP contribution is -2.59. The summed E-state index contributed by atoms with van der Waals surface area (Å²) in [7, 11) is 0. The largest absolute Gasteiger partial charge is 0.462 e. The zero-order valence-corrected chi connectivity index (χ0v) is 37.8. The van der Waals surface area contributed by atoms with Crippen molar-refractivity contribution in [1.29, 1.82) is 0 Å². The van der Waals surface area contributed by atoms with Crippen LogP contribution in [0.3, 0.4) is 0 Å². The first-order chi connectivity index (χ1) is 28.8. The van der Waals surface area contributed by atoms with Gasteiger partial charge in [0.25, 0.3) is 0 Å². The molecule has 1 rings (SSSR count). The Labute approximate surface area is 360 Å². The quantitative estimate of drug-likeness (QED) is 0.0266. The second kappa shape index (κ2) is 40.3. The average molecular weight is 839 g/mol. The zero-order chi connectivity index (χ0) is 43.0. The molecule has 10 nitrogen and oxygen atoms in total. The minimum Gasteiger partial charge on any atom is -0.462 e. The monoisotopic (exact) mass is 839 g/mol. The van der Waals surface area contributed by atoms with Crippen molar-refractivity contribution in [3.05, 3.63) is 24.3 Å². The molecule has 6 atom stereocenters. The predicted molar refractivity (Wildman–Crippen MR) is 238 cm³/mol. The second-order valence-electron chi connectivity index (χ2n) is 16.9. The van der Waals surface area contributed by atoms with Crippen LogP contribution in [0, 0.1) is 0 Å². The highest BCUT2D eigenvalue weighted by Crippen LogP contribution is 2.23. The van der Waals surface area contributed by atoms with Gasteiger partial charge in [-0.25, -0.2) is 0 Å². The van der Waals surface area contributed by atoms with Gasteiger partial charge in [0.05, 0.1) is 13.2 Å². The third kappa shape index (κ3) is 31.7. The van der Waals surface area contributed by atoms with E-state index >= 15 is 0 Å². The van der Waals surface area contributed by atoms with Gasteiger partial charge >= 0.3 is 11.9 Å². The van der Waals surface area contributed by atoms with Gasteiger partial charge in [0.1, 0.15) is 31.0 Å². The van der Waals surface area contributed by atoms with Crippen molar-refractivity contribution in [2.24, 2.45) is 0 Å². The fourth-order valence-corrected chi connectivity index (χ4v) is 7.46. The molecule has 0 aromatic rings. The summed E-state index contributed by atoms with van der Waals surface area (Å²) in [6.07, 6.45) is 37.6. The van der Waals surface area contributed by atoms with Crippen LogP contribution in [0.5, 0.6) is 0 Å². The van der Waals surface area contributed by atoms with Gasteiger partial charge in [0.2, 0.25) is 0 Å². The molecular formula is C49H90O10. The molecule has 10 heteroatoms. The topological polar surface area (TPSA) is 152 Å². The first-order valence-corrected chi connectivity index (χ1v) is 24.4. The molecule has 0 bridgehead atoms. The van der Waals surface area contributed by atoms with Crippen molar-refractivity contribution in [2.75, 3.05) is 19.8 Å². The van der Waals surface area contributed by atoms with E-state index in [9.17, 15) is 30.0 Å². The maximum absolute atomic E-state index is 12.8. The maximum Gasteiger partial charge on any atom is 0.306 e. The Morgan fingerprint density at radius 2 is 0.983 bits per heavy atom. The Kier molecular flexibility index (Phi) is 37.7. The number of unbranched alkanes of at least 4 members (excludes halogenated alkanes) is 26. The van der Waals surface area contributed by atoms with E-state index in [0.29, 0.717) is 6.42 Å². The molecule has 1 saturated heterocycles.